The van der Waals surface area contributed by atoms with Gasteiger partial charge in [-0.2, -0.15) is 0 Å². The van der Waals surface area contributed by atoms with Gasteiger partial charge in [0.2, 0.25) is 0 Å². The second-order valence-electron chi connectivity index (χ2n) is 5.28. The largest absolute Gasteiger partial charge is 0.388 e. The number of benzene rings is 1. The first-order valence-electron chi connectivity index (χ1n) is 5.50. The van der Waals surface area contributed by atoms with Gasteiger partial charge in [0.15, 0.2) is 0 Å². The maximum absolute atomic E-state index is 10.0. The summed E-state index contributed by atoms with van der Waals surface area (Å²) >= 11 is 3.37. The van der Waals surface area contributed by atoms with Crippen molar-refractivity contribution in [1.29, 1.82) is 0 Å². The molecule has 0 aliphatic heterocycles. The van der Waals surface area contributed by atoms with Gasteiger partial charge < -0.3 is 10.8 Å². The van der Waals surface area contributed by atoms with E-state index in [9.17, 15) is 5.11 Å². The van der Waals surface area contributed by atoms with Gasteiger partial charge in [-0.05, 0) is 29.5 Å². The first kappa shape index (κ1) is 16.9. The fourth-order valence-electron chi connectivity index (χ4n) is 1.42. The maximum Gasteiger partial charge on any atom is 0.0805 e. The van der Waals surface area contributed by atoms with Gasteiger partial charge in [0.1, 0.15) is 0 Å². The van der Waals surface area contributed by atoms with Crippen molar-refractivity contribution in [1.82, 2.24) is 0 Å². The van der Waals surface area contributed by atoms with Crippen molar-refractivity contribution in [3.63, 3.8) is 0 Å². The third kappa shape index (κ3) is 5.38. The zero-order valence-corrected chi connectivity index (χ0v) is 12.9. The van der Waals surface area contributed by atoms with Gasteiger partial charge in [-0.3, -0.25) is 0 Å². The van der Waals surface area contributed by atoms with E-state index in [0.717, 1.165) is 10.0 Å². The molecule has 17 heavy (non-hydrogen) atoms. The Labute approximate surface area is 118 Å². The van der Waals surface area contributed by atoms with Crippen LogP contribution >= 0.6 is 28.3 Å². The first-order valence-corrected chi connectivity index (χ1v) is 6.29. The summed E-state index contributed by atoms with van der Waals surface area (Å²) in [5.74, 6) is 0. The van der Waals surface area contributed by atoms with Gasteiger partial charge in [-0.1, -0.05) is 48.8 Å². The molecule has 2 atom stereocenters. The fourth-order valence-corrected chi connectivity index (χ4v) is 1.68. The van der Waals surface area contributed by atoms with Gasteiger partial charge in [0.25, 0.3) is 0 Å². The highest BCUT2D eigenvalue weighted by Gasteiger charge is 2.23. The van der Waals surface area contributed by atoms with Gasteiger partial charge in [0.05, 0.1) is 6.10 Å². The van der Waals surface area contributed by atoms with E-state index >= 15 is 0 Å². The Morgan fingerprint density at radius 3 is 2.12 bits per heavy atom. The average molecular weight is 323 g/mol. The number of hydrogen-bond acceptors (Lipinski definition) is 2. The van der Waals surface area contributed by atoms with Crippen LogP contribution in [0.3, 0.4) is 0 Å². The summed E-state index contributed by atoms with van der Waals surface area (Å²) in [6.07, 6.45) is 0.104. The Balaban J connectivity index is 0.00000256. The minimum atomic E-state index is -0.484. The van der Waals surface area contributed by atoms with E-state index < -0.39 is 6.10 Å². The second kappa shape index (κ2) is 6.74. The highest BCUT2D eigenvalue weighted by molar-refractivity contribution is 9.10. The molecule has 98 valence electrons. The lowest BCUT2D eigenvalue weighted by Gasteiger charge is -2.29. The maximum atomic E-state index is 10.0. The Bertz CT molecular complexity index is 334. The molecule has 0 saturated heterocycles. The molecular weight excluding hydrogens is 302 g/mol. The number of aliphatic hydroxyl groups excluding tert-OH is 1. The van der Waals surface area contributed by atoms with Gasteiger partial charge >= 0.3 is 0 Å². The van der Waals surface area contributed by atoms with Gasteiger partial charge in [-0.15, -0.1) is 12.4 Å². The standard InChI is InChI=1S/C13H20BrNO.ClH/c1-13(2,3)12(15)8-11(16)9-4-6-10(14)7-5-9;/h4-7,11-12,16H,8,15H2,1-3H3;1H/t11-,12-;/m1./s1. The van der Waals surface area contributed by atoms with Crippen LogP contribution in [-0.2, 0) is 0 Å². The number of rotatable bonds is 3. The quantitative estimate of drug-likeness (QED) is 0.892. The minimum Gasteiger partial charge on any atom is -0.388 e. The van der Waals surface area contributed by atoms with E-state index in [-0.39, 0.29) is 23.9 Å². The number of nitrogens with two attached hydrogens (primary N) is 1. The van der Waals surface area contributed by atoms with Crippen molar-refractivity contribution < 1.29 is 5.11 Å². The van der Waals surface area contributed by atoms with Crippen LogP contribution in [0.5, 0.6) is 0 Å². The zero-order valence-electron chi connectivity index (χ0n) is 10.5. The van der Waals surface area contributed by atoms with E-state index in [0.29, 0.717) is 6.42 Å². The number of hydrogen-bond donors (Lipinski definition) is 2. The lowest BCUT2D eigenvalue weighted by Crippen LogP contribution is -2.36. The second-order valence-corrected chi connectivity index (χ2v) is 6.19. The molecule has 1 aromatic rings. The third-order valence-corrected chi connectivity index (χ3v) is 3.37. The summed E-state index contributed by atoms with van der Waals surface area (Å²) < 4.78 is 1.02. The Hall–Kier alpha value is -0.0900. The molecule has 0 unspecified atom stereocenters. The van der Waals surface area contributed by atoms with Crippen LogP contribution in [0.4, 0.5) is 0 Å². The number of aliphatic hydroxyl groups is 1. The van der Waals surface area contributed by atoms with E-state index in [2.05, 4.69) is 36.7 Å². The van der Waals surface area contributed by atoms with Crippen molar-refractivity contribution in [2.45, 2.75) is 39.3 Å². The topological polar surface area (TPSA) is 46.2 Å². The molecule has 0 heterocycles. The molecule has 0 fully saturated rings. The van der Waals surface area contributed by atoms with Gasteiger partial charge in [0, 0.05) is 10.5 Å². The molecule has 0 saturated carbocycles. The molecule has 0 aromatic heterocycles. The lowest BCUT2D eigenvalue weighted by molar-refractivity contribution is 0.133. The van der Waals surface area contributed by atoms with Crippen LogP contribution in [0.1, 0.15) is 38.9 Å². The van der Waals surface area contributed by atoms with Crippen LogP contribution in [0.25, 0.3) is 0 Å². The van der Waals surface area contributed by atoms with Crippen LogP contribution in [-0.4, -0.2) is 11.1 Å². The normalized spacial score (nSPS) is 14.9. The molecule has 4 heteroatoms. The summed E-state index contributed by atoms with van der Waals surface area (Å²) in [6.45, 7) is 6.27. The van der Waals surface area contributed by atoms with Gasteiger partial charge in [-0.25, -0.2) is 0 Å². The molecule has 1 aromatic carbocycles. The van der Waals surface area contributed by atoms with Crippen LogP contribution < -0.4 is 5.73 Å². The minimum absolute atomic E-state index is 0. The molecule has 3 N–H and O–H groups in total. The molecule has 0 aliphatic rings. The molecule has 0 amide bonds. The predicted octanol–water partition coefficient (Wildman–Crippen LogP) is 3.67. The van der Waals surface area contributed by atoms with Crippen molar-refractivity contribution in [3.05, 3.63) is 34.3 Å². The van der Waals surface area contributed by atoms with Crippen LogP contribution in [0.2, 0.25) is 0 Å². The number of halogens is 2. The Kier molecular flexibility index (Phi) is 6.70. The molecule has 0 radical (unpaired) electrons. The monoisotopic (exact) mass is 321 g/mol. The first-order chi connectivity index (χ1) is 7.30. The zero-order chi connectivity index (χ0) is 12.3. The van der Waals surface area contributed by atoms with Crippen molar-refractivity contribution in [2.24, 2.45) is 11.1 Å². The third-order valence-electron chi connectivity index (χ3n) is 2.84. The molecule has 0 aliphatic carbocycles. The molecule has 0 bridgehead atoms. The fraction of sp³-hybridized carbons (Fsp3) is 0.538. The van der Waals surface area contributed by atoms with Crippen molar-refractivity contribution in [2.75, 3.05) is 0 Å². The Morgan fingerprint density at radius 2 is 1.71 bits per heavy atom. The summed E-state index contributed by atoms with van der Waals surface area (Å²) in [7, 11) is 0. The van der Waals surface area contributed by atoms with Crippen molar-refractivity contribution in [3.8, 4) is 0 Å². The molecular formula is C13H21BrClNO. The summed E-state index contributed by atoms with van der Waals surface area (Å²) in [6, 6.07) is 7.70. The molecule has 2 nitrogen and oxygen atoms in total. The highest BCUT2D eigenvalue weighted by atomic mass is 79.9. The van der Waals surface area contributed by atoms with Crippen molar-refractivity contribution >= 4 is 28.3 Å². The molecule has 1 rings (SSSR count). The van der Waals surface area contributed by atoms with E-state index in [4.69, 9.17) is 5.73 Å². The smallest absolute Gasteiger partial charge is 0.0805 e. The van der Waals surface area contributed by atoms with Crippen LogP contribution in [0.15, 0.2) is 28.7 Å². The highest BCUT2D eigenvalue weighted by Crippen LogP contribution is 2.27. The SMILES string of the molecule is CC(C)(C)[C@H](N)C[C@@H](O)c1ccc(Br)cc1.Cl. The van der Waals surface area contributed by atoms with E-state index in [1.807, 2.05) is 24.3 Å². The summed E-state index contributed by atoms with van der Waals surface area (Å²) in [5.41, 5.74) is 6.99. The lowest BCUT2D eigenvalue weighted by atomic mass is 9.83. The van der Waals surface area contributed by atoms with E-state index in [1.54, 1.807) is 0 Å². The predicted molar refractivity (Wildman–Crippen MR) is 78.4 cm³/mol. The average Bonchev–Trinajstić information content (AvgIpc) is 2.17. The Morgan fingerprint density at radius 1 is 1.24 bits per heavy atom. The summed E-state index contributed by atoms with van der Waals surface area (Å²) in [5, 5.41) is 10.0. The van der Waals surface area contributed by atoms with E-state index in [1.165, 1.54) is 0 Å². The summed E-state index contributed by atoms with van der Waals surface area (Å²) in [4.78, 5) is 0. The van der Waals surface area contributed by atoms with Crippen LogP contribution in [0, 0.1) is 5.41 Å². The molecule has 0 spiro atoms.